The molecule has 1 aromatic rings. The maximum Gasteiger partial charge on any atom is 0.237 e. The van der Waals surface area contributed by atoms with Crippen LogP contribution in [0.2, 0.25) is 0 Å². The summed E-state index contributed by atoms with van der Waals surface area (Å²) in [6.45, 7) is 8.21. The van der Waals surface area contributed by atoms with E-state index in [0.29, 0.717) is 18.0 Å². The van der Waals surface area contributed by atoms with Gasteiger partial charge in [-0.1, -0.05) is 6.07 Å². The molecule has 0 spiro atoms. The van der Waals surface area contributed by atoms with Crippen molar-refractivity contribution in [2.24, 2.45) is 0 Å². The molecule has 1 heterocycles. The third kappa shape index (κ3) is 5.34. The van der Waals surface area contributed by atoms with Crippen LogP contribution in [0.4, 0.5) is 0 Å². The number of morpholine rings is 1. The van der Waals surface area contributed by atoms with Gasteiger partial charge in [-0.05, 0) is 44.9 Å². The smallest absolute Gasteiger partial charge is 0.237 e. The molecule has 2 rings (SSSR count). The van der Waals surface area contributed by atoms with Crippen LogP contribution < -0.4 is 14.8 Å². The maximum absolute atomic E-state index is 12.4. The van der Waals surface area contributed by atoms with Crippen LogP contribution in [0.15, 0.2) is 18.2 Å². The molecular weight excluding hydrogens is 320 g/mol. The zero-order valence-electron chi connectivity index (χ0n) is 15.9. The van der Waals surface area contributed by atoms with Gasteiger partial charge in [0.2, 0.25) is 5.91 Å². The molecule has 1 saturated heterocycles. The topological polar surface area (TPSA) is 60.0 Å². The Bertz CT molecular complexity index is 569. The fourth-order valence-electron chi connectivity index (χ4n) is 3.21. The van der Waals surface area contributed by atoms with E-state index in [1.807, 2.05) is 39.0 Å². The Labute approximate surface area is 150 Å². The summed E-state index contributed by atoms with van der Waals surface area (Å²) in [7, 11) is 3.24. The molecule has 0 unspecified atom stereocenters. The van der Waals surface area contributed by atoms with Gasteiger partial charge in [0.25, 0.3) is 0 Å². The number of nitrogens with one attached hydrogen (secondary N) is 1. The van der Waals surface area contributed by atoms with Crippen LogP contribution in [-0.4, -0.2) is 62.9 Å². The second-order valence-electron chi connectivity index (χ2n) is 6.62. The molecule has 1 N–H and O–H groups in total. The van der Waals surface area contributed by atoms with Crippen molar-refractivity contribution >= 4 is 5.91 Å². The van der Waals surface area contributed by atoms with E-state index < -0.39 is 0 Å². The monoisotopic (exact) mass is 350 g/mol. The standard InChI is InChI=1S/C19H30N2O4/c1-13-11-21(12-14(2)25-13)15(3)19(22)20-9-8-16-6-7-17(23-4)18(10-16)24-5/h6-7,10,13-15H,8-9,11-12H2,1-5H3,(H,20,22)/t13-,14+,15-/m1/s1. The van der Waals surface area contributed by atoms with Crippen molar-refractivity contribution in [3.8, 4) is 11.5 Å². The molecule has 25 heavy (non-hydrogen) atoms. The highest BCUT2D eigenvalue weighted by Crippen LogP contribution is 2.27. The molecular formula is C19H30N2O4. The highest BCUT2D eigenvalue weighted by atomic mass is 16.5. The first-order valence-electron chi connectivity index (χ1n) is 8.82. The van der Waals surface area contributed by atoms with E-state index in [1.165, 1.54) is 0 Å². The number of methoxy groups -OCH3 is 2. The predicted molar refractivity (Wildman–Crippen MR) is 97.3 cm³/mol. The van der Waals surface area contributed by atoms with E-state index in [9.17, 15) is 4.79 Å². The summed E-state index contributed by atoms with van der Waals surface area (Å²) in [4.78, 5) is 14.6. The van der Waals surface area contributed by atoms with Gasteiger partial charge in [-0.2, -0.15) is 0 Å². The van der Waals surface area contributed by atoms with E-state index >= 15 is 0 Å². The lowest BCUT2D eigenvalue weighted by molar-refractivity contribution is -0.131. The van der Waals surface area contributed by atoms with Crippen LogP contribution in [-0.2, 0) is 16.0 Å². The zero-order chi connectivity index (χ0) is 18.4. The van der Waals surface area contributed by atoms with Crippen LogP contribution >= 0.6 is 0 Å². The largest absolute Gasteiger partial charge is 0.493 e. The summed E-state index contributed by atoms with van der Waals surface area (Å²) in [5.74, 6) is 1.47. The summed E-state index contributed by atoms with van der Waals surface area (Å²) >= 11 is 0. The van der Waals surface area contributed by atoms with Crippen molar-refractivity contribution in [3.05, 3.63) is 23.8 Å². The third-order valence-electron chi connectivity index (χ3n) is 4.54. The van der Waals surface area contributed by atoms with E-state index in [4.69, 9.17) is 14.2 Å². The normalized spacial score (nSPS) is 22.3. The molecule has 1 aliphatic rings. The first-order chi connectivity index (χ1) is 11.9. The number of ether oxygens (including phenoxy) is 3. The number of benzene rings is 1. The molecule has 140 valence electrons. The van der Waals surface area contributed by atoms with E-state index in [0.717, 1.165) is 25.1 Å². The molecule has 1 aliphatic heterocycles. The van der Waals surface area contributed by atoms with Crippen LogP contribution in [0.1, 0.15) is 26.3 Å². The molecule has 1 amide bonds. The van der Waals surface area contributed by atoms with Gasteiger partial charge in [-0.25, -0.2) is 0 Å². The van der Waals surface area contributed by atoms with Crippen LogP contribution in [0.25, 0.3) is 0 Å². The quantitative estimate of drug-likeness (QED) is 0.813. The highest BCUT2D eigenvalue weighted by Gasteiger charge is 2.28. The van der Waals surface area contributed by atoms with Crippen molar-refractivity contribution in [2.75, 3.05) is 33.9 Å². The Balaban J connectivity index is 1.83. The summed E-state index contributed by atoms with van der Waals surface area (Å²) in [5.41, 5.74) is 1.10. The minimum Gasteiger partial charge on any atom is -0.493 e. The zero-order valence-corrected chi connectivity index (χ0v) is 15.9. The molecule has 0 bridgehead atoms. The summed E-state index contributed by atoms with van der Waals surface area (Å²) in [6, 6.07) is 5.66. The molecule has 6 heteroatoms. The van der Waals surface area contributed by atoms with Gasteiger partial charge < -0.3 is 19.5 Å². The molecule has 0 aliphatic carbocycles. The molecule has 3 atom stereocenters. The van der Waals surface area contributed by atoms with Crippen molar-refractivity contribution in [3.63, 3.8) is 0 Å². The predicted octanol–water partition coefficient (Wildman–Crippen LogP) is 1.86. The van der Waals surface area contributed by atoms with E-state index in [1.54, 1.807) is 14.2 Å². The van der Waals surface area contributed by atoms with E-state index in [-0.39, 0.29) is 24.2 Å². The minimum atomic E-state index is -0.154. The lowest BCUT2D eigenvalue weighted by atomic mass is 10.1. The fraction of sp³-hybridized carbons (Fsp3) is 0.632. The van der Waals surface area contributed by atoms with Gasteiger partial charge in [0, 0.05) is 19.6 Å². The average molecular weight is 350 g/mol. The Kier molecular flexibility index (Phi) is 7.08. The Morgan fingerprint density at radius 1 is 1.24 bits per heavy atom. The third-order valence-corrected chi connectivity index (χ3v) is 4.54. The minimum absolute atomic E-state index is 0.0572. The molecule has 0 radical (unpaired) electrons. The van der Waals surface area contributed by atoms with Crippen LogP contribution in [0.3, 0.4) is 0 Å². The second-order valence-corrected chi connectivity index (χ2v) is 6.62. The Morgan fingerprint density at radius 2 is 1.88 bits per heavy atom. The lowest BCUT2D eigenvalue weighted by Crippen LogP contribution is -2.54. The van der Waals surface area contributed by atoms with Crippen LogP contribution in [0.5, 0.6) is 11.5 Å². The van der Waals surface area contributed by atoms with Crippen molar-refractivity contribution < 1.29 is 19.0 Å². The summed E-state index contributed by atoms with van der Waals surface area (Å²) in [5, 5.41) is 3.03. The van der Waals surface area contributed by atoms with Crippen molar-refractivity contribution in [2.45, 2.75) is 45.4 Å². The molecule has 0 saturated carbocycles. The summed E-state index contributed by atoms with van der Waals surface area (Å²) < 4.78 is 16.3. The SMILES string of the molecule is COc1ccc(CCNC(=O)[C@@H](C)N2C[C@@H](C)O[C@@H](C)C2)cc1OC. The van der Waals surface area contributed by atoms with Gasteiger partial charge in [-0.15, -0.1) is 0 Å². The number of hydrogen-bond acceptors (Lipinski definition) is 5. The number of rotatable bonds is 7. The average Bonchev–Trinajstić information content (AvgIpc) is 2.59. The van der Waals surface area contributed by atoms with Crippen molar-refractivity contribution in [1.82, 2.24) is 10.2 Å². The number of nitrogens with zero attached hydrogens (tertiary/aromatic N) is 1. The molecule has 6 nitrogen and oxygen atoms in total. The van der Waals surface area contributed by atoms with Gasteiger partial charge in [-0.3, -0.25) is 9.69 Å². The number of carbonyl (C=O) groups excluding carboxylic acids is 1. The number of hydrogen-bond donors (Lipinski definition) is 1. The summed E-state index contributed by atoms with van der Waals surface area (Å²) in [6.07, 6.45) is 1.06. The van der Waals surface area contributed by atoms with Crippen LogP contribution in [0, 0.1) is 0 Å². The van der Waals surface area contributed by atoms with Gasteiger partial charge in [0.05, 0.1) is 32.5 Å². The lowest BCUT2D eigenvalue weighted by Gasteiger charge is -2.38. The van der Waals surface area contributed by atoms with Crippen molar-refractivity contribution in [1.29, 1.82) is 0 Å². The Hall–Kier alpha value is -1.79. The first-order valence-corrected chi connectivity index (χ1v) is 8.82. The second kappa shape index (κ2) is 9.06. The van der Waals surface area contributed by atoms with Gasteiger partial charge >= 0.3 is 0 Å². The van der Waals surface area contributed by atoms with Gasteiger partial charge in [0.1, 0.15) is 0 Å². The first kappa shape index (κ1) is 19.5. The number of carbonyl (C=O) groups is 1. The highest BCUT2D eigenvalue weighted by molar-refractivity contribution is 5.81. The van der Waals surface area contributed by atoms with Gasteiger partial charge in [0.15, 0.2) is 11.5 Å². The Morgan fingerprint density at radius 3 is 2.48 bits per heavy atom. The molecule has 1 aromatic carbocycles. The number of amides is 1. The molecule has 0 aromatic heterocycles. The fourth-order valence-corrected chi connectivity index (χ4v) is 3.21. The molecule has 1 fully saturated rings. The van der Waals surface area contributed by atoms with E-state index in [2.05, 4.69) is 10.2 Å². The maximum atomic E-state index is 12.4.